The highest BCUT2D eigenvalue weighted by Crippen LogP contribution is 2.14. The van der Waals surface area contributed by atoms with Crippen molar-refractivity contribution in [2.75, 3.05) is 39.9 Å². The van der Waals surface area contributed by atoms with Gasteiger partial charge in [0.05, 0.1) is 13.2 Å². The van der Waals surface area contributed by atoms with Gasteiger partial charge >= 0.3 is 5.97 Å². The van der Waals surface area contributed by atoms with Gasteiger partial charge in [0.15, 0.2) is 0 Å². The molecule has 1 unspecified atom stereocenters. The fraction of sp³-hybridized carbons (Fsp3) is 0.933. The predicted octanol–water partition coefficient (Wildman–Crippen LogP) is 1.42. The standard InChI is InChI=1S/C15H30N2O3/c1-4-9-16-14(15(18)19-3)8-12-17-10-6-13(7-11-17)20-5-2/h13-14,16H,4-12H2,1-3H3. The molecule has 0 aromatic heterocycles. The zero-order valence-corrected chi connectivity index (χ0v) is 13.2. The summed E-state index contributed by atoms with van der Waals surface area (Å²) < 4.78 is 10.5. The Morgan fingerprint density at radius 2 is 2.05 bits per heavy atom. The number of carbonyl (C=O) groups excluding carboxylic acids is 1. The molecule has 5 heteroatoms. The normalized spacial score (nSPS) is 18.9. The van der Waals surface area contributed by atoms with Crippen molar-refractivity contribution < 1.29 is 14.3 Å². The first-order chi connectivity index (χ1) is 9.71. The third-order valence-corrected chi connectivity index (χ3v) is 3.80. The molecule has 0 aromatic carbocycles. The van der Waals surface area contributed by atoms with Gasteiger partial charge < -0.3 is 19.7 Å². The van der Waals surface area contributed by atoms with Gasteiger partial charge in [0, 0.05) is 26.2 Å². The van der Waals surface area contributed by atoms with Crippen molar-refractivity contribution >= 4 is 5.97 Å². The Morgan fingerprint density at radius 3 is 2.60 bits per heavy atom. The Bertz CT molecular complexity index is 266. The summed E-state index contributed by atoms with van der Waals surface area (Å²) in [6, 6.07) is -0.176. The number of rotatable bonds is 9. The quantitative estimate of drug-likeness (QED) is 0.650. The lowest BCUT2D eigenvalue weighted by Gasteiger charge is -2.32. The van der Waals surface area contributed by atoms with Crippen LogP contribution in [0.5, 0.6) is 0 Å². The summed E-state index contributed by atoms with van der Waals surface area (Å²) in [5.74, 6) is -0.150. The Balaban J connectivity index is 2.27. The molecule has 0 aliphatic carbocycles. The molecule has 1 rings (SSSR count). The van der Waals surface area contributed by atoms with Gasteiger partial charge in [-0.2, -0.15) is 0 Å². The number of hydrogen-bond acceptors (Lipinski definition) is 5. The van der Waals surface area contributed by atoms with E-state index in [0.29, 0.717) is 6.10 Å². The first-order valence-electron chi connectivity index (χ1n) is 7.86. The van der Waals surface area contributed by atoms with E-state index in [1.54, 1.807) is 0 Å². The molecule has 1 N–H and O–H groups in total. The molecule has 0 bridgehead atoms. The molecule has 1 fully saturated rings. The Morgan fingerprint density at radius 1 is 1.35 bits per heavy atom. The second kappa shape index (κ2) is 10.1. The van der Waals surface area contributed by atoms with Gasteiger partial charge in [0.25, 0.3) is 0 Å². The molecule has 5 nitrogen and oxygen atoms in total. The number of esters is 1. The van der Waals surface area contributed by atoms with Crippen LogP contribution in [0.2, 0.25) is 0 Å². The third-order valence-electron chi connectivity index (χ3n) is 3.80. The highest BCUT2D eigenvalue weighted by Gasteiger charge is 2.22. The minimum Gasteiger partial charge on any atom is -0.468 e. The molecule has 118 valence electrons. The zero-order chi connectivity index (χ0) is 14.8. The lowest BCUT2D eigenvalue weighted by molar-refractivity contribution is -0.143. The van der Waals surface area contributed by atoms with Gasteiger partial charge in [-0.15, -0.1) is 0 Å². The lowest BCUT2D eigenvalue weighted by atomic mass is 10.1. The van der Waals surface area contributed by atoms with Gasteiger partial charge in [0.2, 0.25) is 0 Å². The van der Waals surface area contributed by atoms with E-state index in [1.807, 2.05) is 6.92 Å². The molecule has 0 spiro atoms. The Kier molecular flexibility index (Phi) is 8.82. The summed E-state index contributed by atoms with van der Waals surface area (Å²) in [7, 11) is 1.45. The van der Waals surface area contributed by atoms with Crippen LogP contribution in [0.3, 0.4) is 0 Å². The number of carbonyl (C=O) groups is 1. The van der Waals surface area contributed by atoms with Crippen LogP contribution in [-0.2, 0) is 14.3 Å². The molecule has 1 heterocycles. The zero-order valence-electron chi connectivity index (χ0n) is 13.2. The minimum atomic E-state index is -0.176. The molecule has 0 amide bonds. The second-order valence-corrected chi connectivity index (χ2v) is 5.31. The summed E-state index contributed by atoms with van der Waals surface area (Å²) in [5, 5.41) is 3.26. The average Bonchev–Trinajstić information content (AvgIpc) is 2.48. The van der Waals surface area contributed by atoms with Crippen LogP contribution in [0.1, 0.15) is 39.5 Å². The molecule has 0 radical (unpaired) electrons. The van der Waals surface area contributed by atoms with Crippen molar-refractivity contribution in [2.24, 2.45) is 0 Å². The van der Waals surface area contributed by atoms with E-state index >= 15 is 0 Å². The lowest BCUT2D eigenvalue weighted by Crippen LogP contribution is -2.43. The van der Waals surface area contributed by atoms with Gasteiger partial charge in [0.1, 0.15) is 6.04 Å². The summed E-state index contributed by atoms with van der Waals surface area (Å²) in [4.78, 5) is 14.1. The van der Waals surface area contributed by atoms with E-state index in [4.69, 9.17) is 9.47 Å². The Hall–Kier alpha value is -0.650. The molecular formula is C15H30N2O3. The van der Waals surface area contributed by atoms with Crippen LogP contribution in [-0.4, -0.2) is 62.9 Å². The maximum absolute atomic E-state index is 11.7. The van der Waals surface area contributed by atoms with E-state index in [9.17, 15) is 4.79 Å². The number of nitrogens with zero attached hydrogens (tertiary/aromatic N) is 1. The largest absolute Gasteiger partial charge is 0.468 e. The molecule has 1 aliphatic heterocycles. The van der Waals surface area contributed by atoms with Gasteiger partial charge in [-0.1, -0.05) is 6.92 Å². The van der Waals surface area contributed by atoms with Crippen molar-refractivity contribution in [3.05, 3.63) is 0 Å². The molecule has 20 heavy (non-hydrogen) atoms. The number of likely N-dealkylation sites (tertiary alicyclic amines) is 1. The summed E-state index contributed by atoms with van der Waals surface area (Å²) in [6.45, 7) is 8.86. The van der Waals surface area contributed by atoms with Crippen LogP contribution in [0, 0.1) is 0 Å². The second-order valence-electron chi connectivity index (χ2n) is 5.31. The number of piperidine rings is 1. The monoisotopic (exact) mass is 286 g/mol. The predicted molar refractivity (Wildman–Crippen MR) is 79.8 cm³/mol. The molecular weight excluding hydrogens is 256 g/mol. The first-order valence-corrected chi connectivity index (χ1v) is 7.86. The van der Waals surface area contributed by atoms with E-state index < -0.39 is 0 Å². The van der Waals surface area contributed by atoms with Gasteiger partial charge in [-0.3, -0.25) is 4.79 Å². The average molecular weight is 286 g/mol. The van der Waals surface area contributed by atoms with Gasteiger partial charge in [-0.25, -0.2) is 0 Å². The Labute approximate surface area is 123 Å². The maximum atomic E-state index is 11.7. The summed E-state index contributed by atoms with van der Waals surface area (Å²) in [5.41, 5.74) is 0. The maximum Gasteiger partial charge on any atom is 0.322 e. The van der Waals surface area contributed by atoms with Crippen LogP contribution in [0.25, 0.3) is 0 Å². The van der Waals surface area contributed by atoms with Crippen LogP contribution >= 0.6 is 0 Å². The van der Waals surface area contributed by atoms with Crippen molar-refractivity contribution in [3.63, 3.8) is 0 Å². The fourth-order valence-electron chi connectivity index (χ4n) is 2.61. The topological polar surface area (TPSA) is 50.8 Å². The highest BCUT2D eigenvalue weighted by molar-refractivity contribution is 5.75. The molecule has 1 saturated heterocycles. The number of methoxy groups -OCH3 is 1. The van der Waals surface area contributed by atoms with Crippen LogP contribution in [0.4, 0.5) is 0 Å². The van der Waals surface area contributed by atoms with Crippen molar-refractivity contribution in [1.82, 2.24) is 10.2 Å². The number of nitrogens with one attached hydrogen (secondary N) is 1. The number of ether oxygens (including phenoxy) is 2. The van der Waals surface area contributed by atoms with Crippen LogP contribution < -0.4 is 5.32 Å². The van der Waals surface area contributed by atoms with E-state index in [-0.39, 0.29) is 12.0 Å². The molecule has 1 aliphatic rings. The van der Waals surface area contributed by atoms with Crippen molar-refractivity contribution in [1.29, 1.82) is 0 Å². The highest BCUT2D eigenvalue weighted by atomic mass is 16.5. The molecule has 0 aromatic rings. The minimum absolute atomic E-state index is 0.150. The fourth-order valence-corrected chi connectivity index (χ4v) is 2.61. The molecule has 1 atom stereocenters. The summed E-state index contributed by atoms with van der Waals surface area (Å²) >= 11 is 0. The number of hydrogen-bond donors (Lipinski definition) is 1. The van der Waals surface area contributed by atoms with Gasteiger partial charge in [-0.05, 0) is 39.2 Å². The SMILES string of the molecule is CCCNC(CCN1CCC(OCC)CC1)C(=O)OC. The van der Waals surface area contributed by atoms with Crippen molar-refractivity contribution in [2.45, 2.75) is 51.7 Å². The summed E-state index contributed by atoms with van der Waals surface area (Å²) in [6.07, 6.45) is 4.45. The van der Waals surface area contributed by atoms with Crippen LogP contribution in [0.15, 0.2) is 0 Å². The third kappa shape index (κ3) is 6.20. The van der Waals surface area contributed by atoms with E-state index in [2.05, 4.69) is 17.1 Å². The van der Waals surface area contributed by atoms with Crippen molar-refractivity contribution in [3.8, 4) is 0 Å². The van der Waals surface area contributed by atoms with E-state index in [1.165, 1.54) is 7.11 Å². The van der Waals surface area contributed by atoms with E-state index in [0.717, 1.165) is 58.5 Å². The molecule has 0 saturated carbocycles. The smallest absolute Gasteiger partial charge is 0.322 e. The first kappa shape index (κ1) is 17.4.